The van der Waals surface area contributed by atoms with Gasteiger partial charge in [-0.1, -0.05) is 36.4 Å². The van der Waals surface area contributed by atoms with Crippen LogP contribution in [0, 0.1) is 6.92 Å². The van der Waals surface area contributed by atoms with Crippen molar-refractivity contribution in [2.24, 2.45) is 0 Å². The smallest absolute Gasteiger partial charge is 0.272 e. The number of methoxy groups -OCH3 is 1. The molecule has 1 aliphatic rings. The second kappa shape index (κ2) is 9.17. The molecule has 35 heavy (non-hydrogen) atoms. The van der Waals surface area contributed by atoms with E-state index in [-0.39, 0.29) is 30.3 Å². The van der Waals surface area contributed by atoms with E-state index < -0.39 is 0 Å². The maximum Gasteiger partial charge on any atom is 0.272 e. The summed E-state index contributed by atoms with van der Waals surface area (Å²) in [5, 5.41) is 16.0. The Morgan fingerprint density at radius 3 is 2.66 bits per heavy atom. The van der Waals surface area contributed by atoms with Crippen molar-refractivity contribution in [1.82, 2.24) is 25.0 Å². The lowest BCUT2D eigenvalue weighted by Crippen LogP contribution is -2.25. The van der Waals surface area contributed by atoms with Gasteiger partial charge < -0.3 is 14.8 Å². The number of anilines is 1. The number of amides is 1. The lowest BCUT2D eigenvalue weighted by atomic mass is 9.85. The summed E-state index contributed by atoms with van der Waals surface area (Å²) < 4.78 is 13.0. The van der Waals surface area contributed by atoms with Crippen molar-refractivity contribution >= 4 is 11.7 Å². The Hall–Kier alpha value is -4.27. The molecule has 178 valence electrons. The van der Waals surface area contributed by atoms with Crippen molar-refractivity contribution in [3.8, 4) is 28.7 Å². The van der Waals surface area contributed by atoms with Gasteiger partial charge >= 0.3 is 0 Å². The highest BCUT2D eigenvalue weighted by atomic mass is 16.5. The number of hydrogen-bond acceptors (Lipinski definition) is 7. The first-order valence-corrected chi connectivity index (χ1v) is 11.4. The highest BCUT2D eigenvalue weighted by Gasteiger charge is 2.34. The molecule has 9 nitrogen and oxygen atoms in total. The topological polar surface area (TPSA) is 104 Å². The molecule has 5 rings (SSSR count). The van der Waals surface area contributed by atoms with Gasteiger partial charge in [-0.15, -0.1) is 5.10 Å². The van der Waals surface area contributed by atoms with Crippen LogP contribution in [0.1, 0.15) is 43.0 Å². The van der Waals surface area contributed by atoms with Crippen LogP contribution in [-0.2, 0) is 4.79 Å². The molecule has 0 fully saturated rings. The molecule has 1 amide bonds. The van der Waals surface area contributed by atoms with Crippen molar-refractivity contribution in [1.29, 1.82) is 0 Å². The van der Waals surface area contributed by atoms with Gasteiger partial charge in [0.1, 0.15) is 5.82 Å². The monoisotopic (exact) mass is 470 g/mol. The van der Waals surface area contributed by atoms with Crippen molar-refractivity contribution in [2.75, 3.05) is 12.4 Å². The molecule has 1 atom stereocenters. The van der Waals surface area contributed by atoms with Gasteiger partial charge in [0.25, 0.3) is 5.95 Å². The van der Waals surface area contributed by atoms with Crippen LogP contribution >= 0.6 is 0 Å². The Morgan fingerprint density at radius 2 is 1.91 bits per heavy atom. The van der Waals surface area contributed by atoms with E-state index in [0.717, 1.165) is 22.4 Å². The molecule has 0 radical (unpaired) electrons. The summed E-state index contributed by atoms with van der Waals surface area (Å²) in [6, 6.07) is 15.5. The lowest BCUT2D eigenvalue weighted by molar-refractivity contribution is -0.116. The molecular formula is C26H26N6O3. The lowest BCUT2D eigenvalue weighted by Gasteiger charge is -2.25. The van der Waals surface area contributed by atoms with Gasteiger partial charge in [0.2, 0.25) is 5.91 Å². The number of nitrogens with one attached hydrogen (secondary N) is 1. The van der Waals surface area contributed by atoms with Gasteiger partial charge in [0.15, 0.2) is 11.5 Å². The number of aromatic nitrogens is 5. The third-order valence-corrected chi connectivity index (χ3v) is 5.86. The van der Waals surface area contributed by atoms with E-state index in [9.17, 15) is 4.79 Å². The third-order valence-electron chi connectivity index (χ3n) is 5.86. The predicted molar refractivity (Wildman–Crippen MR) is 131 cm³/mol. The van der Waals surface area contributed by atoms with E-state index in [1.165, 1.54) is 0 Å². The number of nitrogens with zero attached hydrogens (tertiary/aromatic N) is 5. The van der Waals surface area contributed by atoms with Crippen LogP contribution in [0.4, 0.5) is 5.82 Å². The summed E-state index contributed by atoms with van der Waals surface area (Å²) in [5.41, 5.74) is 4.22. The molecule has 1 aliphatic heterocycles. The standard InChI is InChI=1S/C26H26N6O3/c1-15(2)35-21-11-10-18(12-22(21)34-4)19-13-23(33)29-25-24(19)16(3)31-32(25)26-28-20(14-27-30-26)17-8-6-5-7-9-17/h5-12,14-15,19H,13H2,1-4H3,(H,29,33). The number of carbonyl (C=O) groups excluding carboxylic acids is 1. The summed E-state index contributed by atoms with van der Waals surface area (Å²) in [4.78, 5) is 17.5. The van der Waals surface area contributed by atoms with Gasteiger partial charge in [-0.05, 0) is 38.5 Å². The normalized spacial score (nSPS) is 15.0. The summed E-state index contributed by atoms with van der Waals surface area (Å²) in [7, 11) is 1.61. The number of hydrogen-bond donors (Lipinski definition) is 1. The van der Waals surface area contributed by atoms with E-state index in [4.69, 9.17) is 9.47 Å². The molecule has 4 aromatic rings. The second-order valence-electron chi connectivity index (χ2n) is 8.65. The molecular weight excluding hydrogens is 444 g/mol. The van der Waals surface area contributed by atoms with Crippen LogP contribution in [0.2, 0.25) is 0 Å². The maximum atomic E-state index is 12.8. The molecule has 2 aromatic heterocycles. The highest BCUT2D eigenvalue weighted by Crippen LogP contribution is 2.42. The molecule has 0 spiro atoms. The summed E-state index contributed by atoms with van der Waals surface area (Å²) in [5.74, 6) is 1.80. The number of fused-ring (bicyclic) bond motifs is 1. The van der Waals surface area contributed by atoms with Gasteiger partial charge in [-0.2, -0.15) is 14.9 Å². The molecule has 2 aromatic carbocycles. The Labute approximate surface area is 203 Å². The van der Waals surface area contributed by atoms with Gasteiger partial charge in [0, 0.05) is 23.5 Å². The molecule has 1 N–H and O–H groups in total. The Bertz CT molecular complexity index is 1380. The Morgan fingerprint density at radius 1 is 1.11 bits per heavy atom. The summed E-state index contributed by atoms with van der Waals surface area (Å²) in [6.07, 6.45) is 1.91. The molecule has 0 saturated carbocycles. The zero-order valence-corrected chi connectivity index (χ0v) is 20.0. The SMILES string of the molecule is COc1cc(C2CC(=O)Nc3c2c(C)nn3-c2nncc(-c3ccccc3)n2)ccc1OC(C)C. The van der Waals surface area contributed by atoms with Crippen LogP contribution in [0.25, 0.3) is 17.2 Å². The zero-order chi connectivity index (χ0) is 24.5. The molecule has 3 heterocycles. The third kappa shape index (κ3) is 4.32. The van der Waals surface area contributed by atoms with Crippen molar-refractivity contribution in [3.63, 3.8) is 0 Å². The van der Waals surface area contributed by atoms with Gasteiger partial charge in [-0.25, -0.2) is 4.98 Å². The van der Waals surface area contributed by atoms with Crippen molar-refractivity contribution in [2.45, 2.75) is 39.2 Å². The quantitative estimate of drug-likeness (QED) is 0.448. The molecule has 0 saturated heterocycles. The number of benzene rings is 2. The second-order valence-corrected chi connectivity index (χ2v) is 8.65. The zero-order valence-electron chi connectivity index (χ0n) is 20.0. The minimum absolute atomic E-state index is 0.0162. The van der Waals surface area contributed by atoms with Crippen LogP contribution in [0.5, 0.6) is 11.5 Å². The molecule has 1 unspecified atom stereocenters. The van der Waals surface area contributed by atoms with E-state index in [2.05, 4.69) is 25.6 Å². The number of aryl methyl sites for hydroxylation is 1. The molecule has 9 heteroatoms. The highest BCUT2D eigenvalue weighted by molar-refractivity contribution is 5.95. The van der Waals surface area contributed by atoms with Crippen LogP contribution in [-0.4, -0.2) is 44.1 Å². The maximum absolute atomic E-state index is 12.8. The summed E-state index contributed by atoms with van der Waals surface area (Å²) in [6.45, 7) is 5.85. The Kier molecular flexibility index (Phi) is 5.90. The summed E-state index contributed by atoms with van der Waals surface area (Å²) >= 11 is 0. The van der Waals surface area contributed by atoms with E-state index >= 15 is 0 Å². The fraction of sp³-hybridized carbons (Fsp3) is 0.269. The van der Waals surface area contributed by atoms with E-state index in [0.29, 0.717) is 23.0 Å². The van der Waals surface area contributed by atoms with E-state index in [1.807, 2.05) is 69.3 Å². The number of carbonyl (C=O) groups is 1. The first kappa shape index (κ1) is 22.5. The number of rotatable bonds is 6. The molecule has 0 bridgehead atoms. The van der Waals surface area contributed by atoms with Crippen LogP contribution < -0.4 is 14.8 Å². The fourth-order valence-electron chi connectivity index (χ4n) is 4.36. The molecule has 0 aliphatic carbocycles. The number of ether oxygens (including phenoxy) is 2. The van der Waals surface area contributed by atoms with Crippen LogP contribution in [0.15, 0.2) is 54.7 Å². The van der Waals surface area contributed by atoms with Crippen molar-refractivity contribution < 1.29 is 14.3 Å². The minimum atomic E-state index is -0.209. The average molecular weight is 471 g/mol. The van der Waals surface area contributed by atoms with Gasteiger partial charge in [0.05, 0.1) is 30.8 Å². The van der Waals surface area contributed by atoms with Crippen molar-refractivity contribution in [3.05, 3.63) is 71.5 Å². The van der Waals surface area contributed by atoms with Gasteiger partial charge in [-0.3, -0.25) is 4.79 Å². The minimum Gasteiger partial charge on any atom is -0.493 e. The van der Waals surface area contributed by atoms with E-state index in [1.54, 1.807) is 18.0 Å². The first-order valence-electron chi connectivity index (χ1n) is 11.4. The predicted octanol–water partition coefficient (Wildman–Crippen LogP) is 4.30. The average Bonchev–Trinajstić information content (AvgIpc) is 3.20. The van der Waals surface area contributed by atoms with Crippen LogP contribution in [0.3, 0.4) is 0 Å². The fourth-order valence-corrected chi connectivity index (χ4v) is 4.36. The Balaban J connectivity index is 1.58. The first-order chi connectivity index (χ1) is 16.9. The largest absolute Gasteiger partial charge is 0.493 e.